The number of aromatic carboxylic acids is 1. The highest BCUT2D eigenvalue weighted by Crippen LogP contribution is 2.39. The van der Waals surface area contributed by atoms with E-state index >= 15 is 0 Å². The molecule has 7 heteroatoms. The molecule has 2 aromatic rings. The molecule has 2 aromatic heterocycles. The molecule has 0 aliphatic heterocycles. The summed E-state index contributed by atoms with van der Waals surface area (Å²) in [6.45, 7) is 0. The predicted octanol–water partition coefficient (Wildman–Crippen LogP) is 3.41. The first-order chi connectivity index (χ1) is 7.09. The van der Waals surface area contributed by atoms with Crippen LogP contribution in [-0.2, 0) is 0 Å². The van der Waals surface area contributed by atoms with Crippen molar-refractivity contribution in [3.05, 3.63) is 26.5 Å². The van der Waals surface area contributed by atoms with Crippen LogP contribution in [0.5, 0.6) is 0 Å². The number of rotatable bonds is 2. The highest BCUT2D eigenvalue weighted by atomic mass is 35.5. The van der Waals surface area contributed by atoms with Crippen molar-refractivity contribution in [1.29, 1.82) is 0 Å². The fourth-order valence-corrected chi connectivity index (χ4v) is 2.54. The van der Waals surface area contributed by atoms with E-state index in [1.165, 1.54) is 0 Å². The van der Waals surface area contributed by atoms with E-state index in [1.807, 2.05) is 0 Å². The van der Waals surface area contributed by atoms with Gasteiger partial charge in [-0.1, -0.05) is 28.4 Å². The van der Waals surface area contributed by atoms with Gasteiger partial charge in [-0.2, -0.15) is 0 Å². The summed E-state index contributed by atoms with van der Waals surface area (Å²) in [7, 11) is 0. The maximum absolute atomic E-state index is 10.8. The Labute approximate surface area is 98.0 Å². The smallest absolute Gasteiger partial charge is 0.341 e. The highest BCUT2D eigenvalue weighted by molar-refractivity contribution is 7.20. The molecule has 78 valence electrons. The lowest BCUT2D eigenvalue weighted by Gasteiger charge is -1.93. The van der Waals surface area contributed by atoms with Gasteiger partial charge in [0.2, 0.25) is 0 Å². The lowest BCUT2D eigenvalue weighted by Crippen LogP contribution is -1.95. The molecule has 0 saturated heterocycles. The topological polar surface area (TPSA) is 63.3 Å². The number of hydrogen-bond acceptors (Lipinski definition) is 4. The van der Waals surface area contributed by atoms with Crippen molar-refractivity contribution in [1.82, 2.24) is 5.16 Å². The highest BCUT2D eigenvalue weighted by Gasteiger charge is 2.20. The minimum absolute atomic E-state index is 0.0358. The minimum atomic E-state index is -1.12. The van der Waals surface area contributed by atoms with Crippen molar-refractivity contribution < 1.29 is 14.4 Å². The molecule has 15 heavy (non-hydrogen) atoms. The van der Waals surface area contributed by atoms with Gasteiger partial charge < -0.3 is 9.63 Å². The lowest BCUT2D eigenvalue weighted by atomic mass is 10.2. The first-order valence-electron chi connectivity index (χ1n) is 3.72. The van der Waals surface area contributed by atoms with Gasteiger partial charge in [0.1, 0.15) is 9.90 Å². The van der Waals surface area contributed by atoms with Crippen molar-refractivity contribution in [2.75, 3.05) is 0 Å². The van der Waals surface area contributed by atoms with E-state index < -0.39 is 5.97 Å². The second-order valence-electron chi connectivity index (χ2n) is 2.61. The Morgan fingerprint density at radius 3 is 2.80 bits per heavy atom. The van der Waals surface area contributed by atoms with Crippen molar-refractivity contribution >= 4 is 40.5 Å². The van der Waals surface area contributed by atoms with Gasteiger partial charge in [0.15, 0.2) is 5.76 Å². The molecule has 0 bridgehead atoms. The summed E-state index contributed by atoms with van der Waals surface area (Å²) >= 11 is 12.7. The number of hydrogen-bond donors (Lipinski definition) is 1. The Morgan fingerprint density at radius 2 is 2.27 bits per heavy atom. The van der Waals surface area contributed by atoms with Crippen LogP contribution in [-0.4, -0.2) is 16.2 Å². The molecule has 0 aliphatic carbocycles. The summed E-state index contributed by atoms with van der Waals surface area (Å²) in [6.07, 6.45) is 1.12. The van der Waals surface area contributed by atoms with Crippen molar-refractivity contribution in [3.63, 3.8) is 0 Å². The molecular formula is C8H3Cl2NO3S. The SMILES string of the molecule is O=C(O)c1cnoc1-c1cc(Cl)sc1Cl. The van der Waals surface area contributed by atoms with Gasteiger partial charge in [-0.25, -0.2) is 4.79 Å². The van der Waals surface area contributed by atoms with Crippen LogP contribution in [0, 0.1) is 0 Å². The van der Waals surface area contributed by atoms with E-state index in [9.17, 15) is 4.79 Å². The van der Waals surface area contributed by atoms with E-state index in [4.69, 9.17) is 32.8 Å². The summed E-state index contributed by atoms with van der Waals surface area (Å²) in [4.78, 5) is 10.8. The van der Waals surface area contributed by atoms with Crippen LogP contribution < -0.4 is 0 Å². The van der Waals surface area contributed by atoms with Crippen molar-refractivity contribution in [3.8, 4) is 11.3 Å². The van der Waals surface area contributed by atoms with Crippen molar-refractivity contribution in [2.45, 2.75) is 0 Å². The van der Waals surface area contributed by atoms with Crippen molar-refractivity contribution in [2.24, 2.45) is 0 Å². The number of carbonyl (C=O) groups is 1. The van der Waals surface area contributed by atoms with Gasteiger partial charge in [-0.15, -0.1) is 11.3 Å². The summed E-state index contributed by atoms with van der Waals surface area (Å²) < 4.78 is 5.67. The standard InChI is InChI=1S/C8H3Cl2NO3S/c9-5-1-3(7(10)15-5)6-4(8(12)13)2-11-14-6/h1-2H,(H,12,13). The number of carboxylic acid groups (broad SMARTS) is 1. The molecule has 0 saturated carbocycles. The number of carboxylic acids is 1. The molecule has 0 aromatic carbocycles. The Balaban J connectivity index is 2.58. The third-order valence-electron chi connectivity index (χ3n) is 1.70. The predicted molar refractivity (Wildman–Crippen MR) is 56.8 cm³/mol. The van der Waals surface area contributed by atoms with Crippen LogP contribution in [0.25, 0.3) is 11.3 Å². The molecule has 2 heterocycles. The monoisotopic (exact) mass is 263 g/mol. The molecular weight excluding hydrogens is 261 g/mol. The Morgan fingerprint density at radius 1 is 1.53 bits per heavy atom. The second-order valence-corrected chi connectivity index (χ2v) is 4.90. The minimum Gasteiger partial charge on any atom is -0.477 e. The molecule has 0 fully saturated rings. The first-order valence-corrected chi connectivity index (χ1v) is 5.30. The zero-order valence-electron chi connectivity index (χ0n) is 7.03. The average Bonchev–Trinajstić information content (AvgIpc) is 2.71. The number of halogens is 2. The second kappa shape index (κ2) is 3.84. The Bertz CT molecular complexity index is 520. The zero-order chi connectivity index (χ0) is 11.0. The maximum Gasteiger partial charge on any atom is 0.341 e. The quantitative estimate of drug-likeness (QED) is 0.902. The van der Waals surface area contributed by atoms with Crippen LogP contribution in [0.3, 0.4) is 0 Å². The average molecular weight is 264 g/mol. The van der Waals surface area contributed by atoms with Crippen LogP contribution in [0.1, 0.15) is 10.4 Å². The molecule has 0 aliphatic rings. The van der Waals surface area contributed by atoms with Crippen LogP contribution in [0.2, 0.25) is 8.67 Å². The maximum atomic E-state index is 10.8. The summed E-state index contributed by atoms with van der Waals surface area (Å²) in [5.41, 5.74) is 0.410. The van der Waals surface area contributed by atoms with Crippen LogP contribution in [0.15, 0.2) is 16.8 Å². The zero-order valence-corrected chi connectivity index (χ0v) is 9.36. The van der Waals surface area contributed by atoms with Gasteiger partial charge in [0.25, 0.3) is 0 Å². The molecule has 2 rings (SSSR count). The van der Waals surface area contributed by atoms with Gasteiger partial charge in [0.05, 0.1) is 16.1 Å². The normalized spacial score (nSPS) is 10.5. The number of nitrogens with zero attached hydrogens (tertiary/aromatic N) is 1. The van der Waals surface area contributed by atoms with Gasteiger partial charge >= 0.3 is 5.97 Å². The molecule has 4 nitrogen and oxygen atoms in total. The third kappa shape index (κ3) is 1.86. The van der Waals surface area contributed by atoms with Crippen LogP contribution >= 0.6 is 34.5 Å². The number of thiophene rings is 1. The fourth-order valence-electron chi connectivity index (χ4n) is 1.08. The van der Waals surface area contributed by atoms with E-state index in [0.717, 1.165) is 17.5 Å². The van der Waals surface area contributed by atoms with E-state index in [2.05, 4.69) is 5.16 Å². The van der Waals surface area contributed by atoms with E-state index in [0.29, 0.717) is 14.2 Å². The summed E-state index contributed by atoms with van der Waals surface area (Å²) in [5.74, 6) is -1.000. The van der Waals surface area contributed by atoms with E-state index in [-0.39, 0.29) is 11.3 Å². The molecule has 0 atom stereocenters. The Hall–Kier alpha value is -1.04. The summed E-state index contributed by atoms with van der Waals surface area (Å²) in [6, 6.07) is 1.54. The molecule has 0 unspecified atom stereocenters. The van der Waals surface area contributed by atoms with Gasteiger partial charge in [-0.05, 0) is 6.07 Å². The Kier molecular flexibility index (Phi) is 2.68. The molecule has 0 radical (unpaired) electrons. The van der Waals surface area contributed by atoms with Gasteiger partial charge in [0, 0.05) is 0 Å². The van der Waals surface area contributed by atoms with Gasteiger partial charge in [-0.3, -0.25) is 0 Å². The van der Waals surface area contributed by atoms with Crippen LogP contribution in [0.4, 0.5) is 0 Å². The fraction of sp³-hybridized carbons (Fsp3) is 0. The lowest BCUT2D eigenvalue weighted by molar-refractivity contribution is 0.0697. The number of aromatic nitrogens is 1. The molecule has 1 N–H and O–H groups in total. The summed E-state index contributed by atoms with van der Waals surface area (Å²) in [5, 5.41) is 12.3. The molecule has 0 amide bonds. The molecule has 0 spiro atoms. The third-order valence-corrected chi connectivity index (χ3v) is 3.19. The first kappa shape index (κ1) is 10.5. The largest absolute Gasteiger partial charge is 0.477 e. The van der Waals surface area contributed by atoms with E-state index in [1.54, 1.807) is 6.07 Å².